The number of hydrogen-bond donors (Lipinski definition) is 3. The maximum atomic E-state index is 14.3. The van der Waals surface area contributed by atoms with Gasteiger partial charge in [0, 0.05) is 5.56 Å². The van der Waals surface area contributed by atoms with Gasteiger partial charge in [-0.1, -0.05) is 0 Å². The van der Waals surface area contributed by atoms with Crippen molar-refractivity contribution < 1.29 is 28.9 Å². The number of benzene rings is 1. The largest absolute Gasteiger partial charge is 0.497 e. The molecule has 1 fully saturated rings. The maximum Gasteiger partial charge on any atom is 0.351 e. The first-order chi connectivity index (χ1) is 12.8. The van der Waals surface area contributed by atoms with Crippen LogP contribution in [0.15, 0.2) is 35.3 Å². The van der Waals surface area contributed by atoms with Gasteiger partial charge in [-0.15, -0.1) is 0 Å². The van der Waals surface area contributed by atoms with Crippen molar-refractivity contribution >= 4 is 11.7 Å². The second-order valence-electron chi connectivity index (χ2n) is 6.02. The van der Waals surface area contributed by atoms with Crippen LogP contribution in [0.2, 0.25) is 0 Å². The van der Waals surface area contributed by atoms with Gasteiger partial charge < -0.3 is 25.0 Å². The number of hydrogen-bond acceptors (Lipinski definition) is 7. The van der Waals surface area contributed by atoms with E-state index >= 15 is 0 Å². The second-order valence-corrected chi connectivity index (χ2v) is 6.02. The summed E-state index contributed by atoms with van der Waals surface area (Å²) < 4.78 is 25.3. The number of anilines is 1. The zero-order chi connectivity index (χ0) is 19.7. The minimum absolute atomic E-state index is 0.215. The summed E-state index contributed by atoms with van der Waals surface area (Å²) in [6, 6.07) is 6.06. The molecule has 144 valence electrons. The van der Waals surface area contributed by atoms with Crippen molar-refractivity contribution in [3.05, 3.63) is 52.3 Å². The zero-order valence-corrected chi connectivity index (χ0v) is 14.5. The molecule has 2 heterocycles. The number of aliphatic hydroxyl groups is 2. The molecule has 27 heavy (non-hydrogen) atoms. The Bertz CT molecular complexity index is 901. The summed E-state index contributed by atoms with van der Waals surface area (Å²) in [4.78, 5) is 27.9. The molecule has 1 aliphatic heterocycles. The Balaban J connectivity index is 1.82. The number of amides is 1. The van der Waals surface area contributed by atoms with Crippen LogP contribution in [0, 0.1) is 5.82 Å². The molecule has 1 aliphatic rings. The van der Waals surface area contributed by atoms with Gasteiger partial charge in [-0.3, -0.25) is 9.36 Å². The van der Waals surface area contributed by atoms with Crippen LogP contribution >= 0.6 is 0 Å². The van der Waals surface area contributed by atoms with Crippen molar-refractivity contribution in [3.8, 4) is 5.75 Å². The lowest BCUT2D eigenvalue weighted by Crippen LogP contribution is -2.36. The number of carbonyl (C=O) groups excluding carboxylic acids is 1. The third-order valence-electron chi connectivity index (χ3n) is 4.24. The first kappa shape index (κ1) is 19.0. The van der Waals surface area contributed by atoms with E-state index in [1.807, 2.05) is 0 Å². The summed E-state index contributed by atoms with van der Waals surface area (Å²) in [6.07, 6.45) is -3.90. The van der Waals surface area contributed by atoms with Crippen molar-refractivity contribution in [3.63, 3.8) is 0 Å². The van der Waals surface area contributed by atoms with Crippen LogP contribution in [-0.2, 0) is 4.74 Å². The number of methoxy groups -OCH3 is 1. The van der Waals surface area contributed by atoms with Crippen molar-refractivity contribution in [2.75, 3.05) is 12.4 Å². The van der Waals surface area contributed by atoms with Crippen LogP contribution in [0.1, 0.15) is 23.5 Å². The van der Waals surface area contributed by atoms with Gasteiger partial charge in [0.1, 0.15) is 18.0 Å². The van der Waals surface area contributed by atoms with Gasteiger partial charge in [0.25, 0.3) is 5.91 Å². The SMILES string of the molecule is COc1ccc(C(=O)Nc2nc(=O)n([C@@H]3O[C@H](C)[C@@H](O)[C@H]3O)cc2F)cc1. The smallest absolute Gasteiger partial charge is 0.351 e. The molecule has 1 aromatic carbocycles. The van der Waals surface area contributed by atoms with E-state index < -0.39 is 47.8 Å². The molecule has 9 nitrogen and oxygen atoms in total. The fourth-order valence-corrected chi connectivity index (χ4v) is 2.69. The molecule has 0 spiro atoms. The molecule has 1 saturated heterocycles. The number of nitrogens with one attached hydrogen (secondary N) is 1. The van der Waals surface area contributed by atoms with E-state index in [9.17, 15) is 24.2 Å². The Labute approximate surface area is 153 Å². The van der Waals surface area contributed by atoms with Crippen LogP contribution in [-0.4, -0.2) is 51.1 Å². The Morgan fingerprint density at radius 3 is 2.52 bits per heavy atom. The quantitative estimate of drug-likeness (QED) is 0.697. The lowest BCUT2D eigenvalue weighted by atomic mass is 10.1. The summed E-state index contributed by atoms with van der Waals surface area (Å²) >= 11 is 0. The monoisotopic (exact) mass is 379 g/mol. The first-order valence-electron chi connectivity index (χ1n) is 8.07. The number of halogens is 1. The molecular weight excluding hydrogens is 361 g/mol. The molecule has 3 N–H and O–H groups in total. The highest BCUT2D eigenvalue weighted by atomic mass is 19.1. The summed E-state index contributed by atoms with van der Waals surface area (Å²) in [5.41, 5.74) is -0.737. The highest BCUT2D eigenvalue weighted by Gasteiger charge is 2.42. The van der Waals surface area contributed by atoms with E-state index in [0.717, 1.165) is 10.8 Å². The van der Waals surface area contributed by atoms with Gasteiger partial charge in [0.05, 0.1) is 19.4 Å². The lowest BCUT2D eigenvalue weighted by Gasteiger charge is -2.17. The minimum atomic E-state index is -1.42. The van der Waals surface area contributed by atoms with Crippen molar-refractivity contribution in [1.29, 1.82) is 0 Å². The van der Waals surface area contributed by atoms with Crippen LogP contribution in [0.3, 0.4) is 0 Å². The van der Waals surface area contributed by atoms with Crippen LogP contribution in [0.5, 0.6) is 5.75 Å². The second kappa shape index (κ2) is 7.43. The molecule has 2 aromatic rings. The molecule has 0 unspecified atom stereocenters. The molecule has 0 radical (unpaired) electrons. The molecule has 1 amide bonds. The fourth-order valence-electron chi connectivity index (χ4n) is 2.69. The predicted octanol–water partition coefficient (Wildman–Crippen LogP) is 0.282. The average Bonchev–Trinajstić information content (AvgIpc) is 2.91. The van der Waals surface area contributed by atoms with Gasteiger partial charge >= 0.3 is 5.69 Å². The van der Waals surface area contributed by atoms with Crippen molar-refractivity contribution in [1.82, 2.24) is 9.55 Å². The van der Waals surface area contributed by atoms with Gasteiger partial charge in [0.2, 0.25) is 0 Å². The fraction of sp³-hybridized carbons (Fsp3) is 0.353. The maximum absolute atomic E-state index is 14.3. The van der Waals surface area contributed by atoms with E-state index in [1.165, 1.54) is 26.2 Å². The molecule has 4 atom stereocenters. The third kappa shape index (κ3) is 3.68. The average molecular weight is 379 g/mol. The number of rotatable bonds is 4. The van der Waals surface area contributed by atoms with Gasteiger partial charge in [-0.25, -0.2) is 9.18 Å². The Morgan fingerprint density at radius 2 is 1.96 bits per heavy atom. The highest BCUT2D eigenvalue weighted by molar-refractivity contribution is 6.03. The zero-order valence-electron chi connectivity index (χ0n) is 14.5. The van der Waals surface area contributed by atoms with E-state index in [1.54, 1.807) is 12.1 Å². The minimum Gasteiger partial charge on any atom is -0.497 e. The third-order valence-corrected chi connectivity index (χ3v) is 4.24. The first-order valence-corrected chi connectivity index (χ1v) is 8.07. The number of aliphatic hydroxyl groups excluding tert-OH is 2. The number of nitrogens with zero attached hydrogens (tertiary/aromatic N) is 2. The Hall–Kier alpha value is -2.82. The lowest BCUT2D eigenvalue weighted by molar-refractivity contribution is -0.0355. The number of aromatic nitrogens is 2. The molecule has 0 aliphatic carbocycles. The van der Waals surface area contributed by atoms with Crippen molar-refractivity contribution in [2.45, 2.75) is 31.5 Å². The van der Waals surface area contributed by atoms with Gasteiger partial charge in [0.15, 0.2) is 17.9 Å². The van der Waals surface area contributed by atoms with Gasteiger partial charge in [-0.05, 0) is 31.2 Å². The summed E-state index contributed by atoms with van der Waals surface area (Å²) in [5, 5.41) is 21.9. The normalized spacial score (nSPS) is 24.6. The van der Waals surface area contributed by atoms with E-state index in [0.29, 0.717) is 5.75 Å². The van der Waals surface area contributed by atoms with Crippen LogP contribution in [0.4, 0.5) is 10.2 Å². The Kier molecular flexibility index (Phi) is 5.22. The highest BCUT2D eigenvalue weighted by Crippen LogP contribution is 2.28. The predicted molar refractivity (Wildman–Crippen MR) is 91.0 cm³/mol. The number of ether oxygens (including phenoxy) is 2. The number of carbonyl (C=O) groups is 1. The molecule has 1 aromatic heterocycles. The molecular formula is C17H18FN3O6. The topological polar surface area (TPSA) is 123 Å². The van der Waals surface area contributed by atoms with E-state index in [4.69, 9.17) is 9.47 Å². The van der Waals surface area contributed by atoms with E-state index in [-0.39, 0.29) is 5.56 Å². The van der Waals surface area contributed by atoms with Crippen LogP contribution < -0.4 is 15.7 Å². The van der Waals surface area contributed by atoms with E-state index in [2.05, 4.69) is 10.3 Å². The van der Waals surface area contributed by atoms with Gasteiger partial charge in [-0.2, -0.15) is 4.98 Å². The summed E-state index contributed by atoms with van der Waals surface area (Å²) in [5.74, 6) is -1.67. The molecule has 0 bridgehead atoms. The van der Waals surface area contributed by atoms with Crippen LogP contribution in [0.25, 0.3) is 0 Å². The standard InChI is InChI=1S/C17H18FN3O6/c1-8-12(22)13(23)16(27-8)21-7-11(18)14(20-17(21)25)19-15(24)9-3-5-10(26-2)6-4-9/h3-8,12-13,16,22-23H,1-2H3,(H,19,20,24,25)/t8-,12-,13-,16-/m1/s1. The summed E-state index contributed by atoms with van der Waals surface area (Å²) in [6.45, 7) is 1.51. The molecule has 3 rings (SSSR count). The molecule has 10 heteroatoms. The molecule has 0 saturated carbocycles. The summed E-state index contributed by atoms with van der Waals surface area (Å²) in [7, 11) is 1.48. The Morgan fingerprint density at radius 1 is 1.30 bits per heavy atom. The van der Waals surface area contributed by atoms with Crippen molar-refractivity contribution in [2.24, 2.45) is 0 Å².